The lowest BCUT2D eigenvalue weighted by Gasteiger charge is -2.12. The number of hydrogen-bond donors (Lipinski definition) is 2. The molecule has 0 saturated heterocycles. The number of halogens is 1. The Morgan fingerprint density at radius 1 is 0.914 bits per heavy atom. The summed E-state index contributed by atoms with van der Waals surface area (Å²) in [5.41, 5.74) is 0.206. The quantitative estimate of drug-likeness (QED) is 0.263. The van der Waals surface area contributed by atoms with Crippen LogP contribution >= 0.6 is 11.6 Å². The molecule has 0 unspecified atom stereocenters. The van der Waals surface area contributed by atoms with Crippen LogP contribution < -0.4 is 15.4 Å². The number of rotatable bonds is 8. The van der Waals surface area contributed by atoms with E-state index >= 15 is 0 Å². The molecule has 35 heavy (non-hydrogen) atoms. The van der Waals surface area contributed by atoms with Gasteiger partial charge in [0.05, 0.1) is 27.5 Å². The molecule has 2 amide bonds. The van der Waals surface area contributed by atoms with E-state index < -0.39 is 21.7 Å². The Morgan fingerprint density at radius 2 is 1.49 bits per heavy atom. The third kappa shape index (κ3) is 6.39. The summed E-state index contributed by atoms with van der Waals surface area (Å²) >= 11 is 6.16. The zero-order valence-corrected chi connectivity index (χ0v) is 18.8. The Morgan fingerprint density at radius 3 is 2.00 bits per heavy atom. The molecule has 178 valence electrons. The predicted octanol–water partition coefficient (Wildman–Crippen LogP) is 4.57. The maximum atomic E-state index is 13.0. The Balaban J connectivity index is 1.91. The van der Waals surface area contributed by atoms with Gasteiger partial charge in [-0.2, -0.15) is 0 Å². The number of ether oxygens (including phenoxy) is 1. The van der Waals surface area contributed by atoms with E-state index in [0.29, 0.717) is 11.3 Å². The molecule has 12 heteroatoms. The van der Waals surface area contributed by atoms with Crippen molar-refractivity contribution in [1.29, 1.82) is 0 Å². The second-order valence-corrected chi connectivity index (χ2v) is 7.37. The van der Waals surface area contributed by atoms with Gasteiger partial charge >= 0.3 is 0 Å². The summed E-state index contributed by atoms with van der Waals surface area (Å²) in [5.74, 6) is -0.996. The molecule has 3 rings (SSSR count). The molecule has 3 aromatic carbocycles. The lowest BCUT2D eigenvalue weighted by Crippen LogP contribution is -2.31. The van der Waals surface area contributed by atoms with Gasteiger partial charge < -0.3 is 15.4 Å². The maximum absolute atomic E-state index is 13.0. The number of non-ortho nitro benzene ring substituents is 2. The molecule has 0 atom stereocenters. The van der Waals surface area contributed by atoms with E-state index in [1.165, 1.54) is 79.9 Å². The second-order valence-electron chi connectivity index (χ2n) is 6.96. The van der Waals surface area contributed by atoms with Gasteiger partial charge in [-0.25, -0.2) is 0 Å². The number of nitro groups is 2. The van der Waals surface area contributed by atoms with Gasteiger partial charge in [-0.1, -0.05) is 11.6 Å². The first-order chi connectivity index (χ1) is 16.7. The molecule has 11 nitrogen and oxygen atoms in total. The summed E-state index contributed by atoms with van der Waals surface area (Å²) in [5, 5.41) is 26.9. The van der Waals surface area contributed by atoms with Crippen LogP contribution in [0.15, 0.2) is 72.4 Å². The number of nitrogens with zero attached hydrogens (tertiary/aromatic N) is 2. The topological polar surface area (TPSA) is 154 Å². The summed E-state index contributed by atoms with van der Waals surface area (Å²) in [7, 11) is 1.44. The number of hydrogen-bond acceptors (Lipinski definition) is 7. The minimum Gasteiger partial charge on any atom is -0.497 e. The summed E-state index contributed by atoms with van der Waals surface area (Å²) in [4.78, 5) is 46.4. The van der Waals surface area contributed by atoms with E-state index in [9.17, 15) is 29.8 Å². The Labute approximate surface area is 203 Å². The summed E-state index contributed by atoms with van der Waals surface area (Å²) in [6, 6.07) is 14.8. The van der Waals surface area contributed by atoms with E-state index in [1.54, 1.807) is 0 Å². The van der Waals surface area contributed by atoms with Gasteiger partial charge in [-0.3, -0.25) is 29.8 Å². The SMILES string of the molecule is COc1ccc(C(=O)N/C(=C/c2ccc([N+](=O)[O-])cc2)C(=O)Nc2ccc([N+](=O)[O-])cc2)c(Cl)c1. The van der Waals surface area contributed by atoms with Gasteiger partial charge in [0, 0.05) is 30.0 Å². The molecule has 0 radical (unpaired) electrons. The van der Waals surface area contributed by atoms with Crippen LogP contribution in [0.4, 0.5) is 17.1 Å². The average molecular weight is 497 g/mol. The maximum Gasteiger partial charge on any atom is 0.272 e. The molecule has 2 N–H and O–H groups in total. The minimum absolute atomic E-state index is 0.0743. The number of amides is 2. The number of carbonyl (C=O) groups is 2. The Kier molecular flexibility index (Phi) is 7.74. The standard InChI is InChI=1S/C23H17ClN4O7/c1-35-18-10-11-19(20(24)13-18)22(29)26-21(12-14-2-6-16(7-3-14)27(31)32)23(30)25-15-4-8-17(9-5-15)28(33)34/h2-13H,1H3,(H,25,30)(H,26,29)/b21-12+. The highest BCUT2D eigenvalue weighted by Crippen LogP contribution is 2.23. The van der Waals surface area contributed by atoms with E-state index in [1.807, 2.05) is 0 Å². The lowest BCUT2D eigenvalue weighted by molar-refractivity contribution is -0.385. The molecule has 0 spiro atoms. The fourth-order valence-corrected chi connectivity index (χ4v) is 3.14. The highest BCUT2D eigenvalue weighted by atomic mass is 35.5. The van der Waals surface area contributed by atoms with Crippen molar-refractivity contribution >= 4 is 46.6 Å². The predicted molar refractivity (Wildman–Crippen MR) is 128 cm³/mol. The van der Waals surface area contributed by atoms with Crippen molar-refractivity contribution in [2.75, 3.05) is 12.4 Å². The number of carbonyl (C=O) groups excluding carboxylic acids is 2. The third-order valence-electron chi connectivity index (χ3n) is 4.66. The third-order valence-corrected chi connectivity index (χ3v) is 4.98. The van der Waals surface area contributed by atoms with Crippen molar-refractivity contribution in [1.82, 2.24) is 5.32 Å². The molecule has 0 aliphatic heterocycles. The minimum atomic E-state index is -0.741. The van der Waals surface area contributed by atoms with Gasteiger partial charge in [0.25, 0.3) is 23.2 Å². The van der Waals surface area contributed by atoms with Crippen LogP contribution in [0.5, 0.6) is 5.75 Å². The van der Waals surface area contributed by atoms with E-state index in [4.69, 9.17) is 16.3 Å². The van der Waals surface area contributed by atoms with Crippen molar-refractivity contribution in [3.05, 3.63) is 109 Å². The molecular formula is C23H17ClN4O7. The lowest BCUT2D eigenvalue weighted by atomic mass is 10.1. The van der Waals surface area contributed by atoms with E-state index in [2.05, 4.69) is 10.6 Å². The summed E-state index contributed by atoms with van der Waals surface area (Å²) in [6.45, 7) is 0. The first-order valence-electron chi connectivity index (χ1n) is 9.85. The first kappa shape index (κ1) is 24.9. The van der Waals surface area contributed by atoms with Crippen molar-refractivity contribution < 1.29 is 24.2 Å². The molecule has 0 aliphatic carbocycles. The highest BCUT2D eigenvalue weighted by molar-refractivity contribution is 6.34. The van der Waals surface area contributed by atoms with Crippen LogP contribution in [0.25, 0.3) is 6.08 Å². The fourth-order valence-electron chi connectivity index (χ4n) is 2.88. The van der Waals surface area contributed by atoms with Crippen molar-refractivity contribution in [3.63, 3.8) is 0 Å². The zero-order valence-electron chi connectivity index (χ0n) is 18.1. The van der Waals surface area contributed by atoms with E-state index in [0.717, 1.165) is 0 Å². The largest absolute Gasteiger partial charge is 0.497 e. The molecule has 3 aromatic rings. The first-order valence-corrected chi connectivity index (χ1v) is 10.2. The number of methoxy groups -OCH3 is 1. The Bertz CT molecular complexity index is 1320. The summed E-state index contributed by atoms with van der Waals surface area (Å²) in [6.07, 6.45) is 1.32. The number of anilines is 1. The number of nitro benzene ring substituents is 2. The van der Waals surface area contributed by atoms with Crippen molar-refractivity contribution in [2.45, 2.75) is 0 Å². The van der Waals surface area contributed by atoms with Crippen molar-refractivity contribution in [2.24, 2.45) is 0 Å². The Hall–Kier alpha value is -4.77. The number of nitrogens with one attached hydrogen (secondary N) is 2. The monoisotopic (exact) mass is 496 g/mol. The van der Waals surface area contributed by atoms with Gasteiger partial charge in [0.15, 0.2) is 0 Å². The molecule has 0 aliphatic rings. The smallest absolute Gasteiger partial charge is 0.272 e. The zero-order chi connectivity index (χ0) is 25.5. The molecule has 0 fully saturated rings. The highest BCUT2D eigenvalue weighted by Gasteiger charge is 2.18. The van der Waals surface area contributed by atoms with Crippen LogP contribution in [-0.2, 0) is 4.79 Å². The molecule has 0 bridgehead atoms. The normalized spacial score (nSPS) is 10.9. The van der Waals surface area contributed by atoms with Gasteiger partial charge in [0.2, 0.25) is 0 Å². The van der Waals surface area contributed by atoms with Crippen molar-refractivity contribution in [3.8, 4) is 5.75 Å². The van der Waals surface area contributed by atoms with E-state index in [-0.39, 0.29) is 33.3 Å². The van der Waals surface area contributed by atoms with Crippen LogP contribution in [0.3, 0.4) is 0 Å². The van der Waals surface area contributed by atoms with Crippen LogP contribution in [0.2, 0.25) is 5.02 Å². The van der Waals surface area contributed by atoms with Crippen LogP contribution in [0.1, 0.15) is 15.9 Å². The average Bonchev–Trinajstić information content (AvgIpc) is 2.84. The van der Waals surface area contributed by atoms with Gasteiger partial charge in [0.1, 0.15) is 11.4 Å². The second kappa shape index (κ2) is 10.9. The number of benzene rings is 3. The molecule has 0 heterocycles. The summed E-state index contributed by atoms with van der Waals surface area (Å²) < 4.78 is 5.06. The van der Waals surface area contributed by atoms with Crippen LogP contribution in [0, 0.1) is 20.2 Å². The molecule has 0 aromatic heterocycles. The van der Waals surface area contributed by atoms with Gasteiger partial charge in [-0.05, 0) is 54.1 Å². The molecule has 0 saturated carbocycles. The molecular weight excluding hydrogens is 480 g/mol. The van der Waals surface area contributed by atoms with Gasteiger partial charge in [-0.15, -0.1) is 0 Å². The fraction of sp³-hybridized carbons (Fsp3) is 0.0435. The van der Waals surface area contributed by atoms with Crippen LogP contribution in [-0.4, -0.2) is 28.8 Å².